The summed E-state index contributed by atoms with van der Waals surface area (Å²) in [6.07, 6.45) is 0. The molecule has 0 bridgehead atoms. The van der Waals surface area contributed by atoms with E-state index in [2.05, 4.69) is 5.32 Å². The van der Waals surface area contributed by atoms with Crippen LogP contribution in [0.2, 0.25) is 5.02 Å². The van der Waals surface area contributed by atoms with E-state index >= 15 is 0 Å². The molecule has 0 spiro atoms. The first-order valence-electron chi connectivity index (χ1n) is 6.48. The van der Waals surface area contributed by atoms with Gasteiger partial charge >= 0.3 is 0 Å². The van der Waals surface area contributed by atoms with E-state index in [9.17, 15) is 4.79 Å². The molecule has 2 aromatic rings. The smallest absolute Gasteiger partial charge is 0.244 e. The molecule has 2 aromatic carbocycles. The molecule has 0 aromatic heterocycles. The zero-order chi connectivity index (χ0) is 15.4. The third-order valence-electron chi connectivity index (χ3n) is 3.14. The second-order valence-corrected chi connectivity index (χ2v) is 5.11. The monoisotopic (exact) mass is 304 g/mol. The van der Waals surface area contributed by atoms with Gasteiger partial charge in [-0.2, -0.15) is 0 Å². The highest BCUT2D eigenvalue weighted by molar-refractivity contribution is 6.32. The lowest BCUT2D eigenvalue weighted by Crippen LogP contribution is -2.28. The van der Waals surface area contributed by atoms with Crippen molar-refractivity contribution >= 4 is 23.2 Å². The number of anilines is 1. The highest BCUT2D eigenvalue weighted by Crippen LogP contribution is 2.34. The highest BCUT2D eigenvalue weighted by atomic mass is 35.5. The average molecular weight is 305 g/mol. The highest BCUT2D eigenvalue weighted by Gasteiger charge is 2.24. The van der Waals surface area contributed by atoms with Gasteiger partial charge in [0.2, 0.25) is 5.91 Å². The minimum absolute atomic E-state index is 0.429. The molecule has 0 aliphatic heterocycles. The van der Waals surface area contributed by atoms with E-state index in [0.717, 1.165) is 11.3 Å². The van der Waals surface area contributed by atoms with Gasteiger partial charge in [-0.05, 0) is 36.8 Å². The predicted molar refractivity (Wildman–Crippen MR) is 84.7 cm³/mol. The van der Waals surface area contributed by atoms with E-state index in [-0.39, 0.29) is 0 Å². The third kappa shape index (κ3) is 3.47. The molecule has 0 aliphatic carbocycles. The fourth-order valence-electron chi connectivity index (χ4n) is 2.16. The van der Waals surface area contributed by atoms with Crippen molar-refractivity contribution in [2.24, 2.45) is 5.73 Å². The number of primary amides is 1. The Labute approximate surface area is 128 Å². The van der Waals surface area contributed by atoms with Crippen molar-refractivity contribution in [3.63, 3.8) is 0 Å². The molecule has 0 saturated heterocycles. The van der Waals surface area contributed by atoms with Crippen molar-refractivity contribution in [3.8, 4) is 5.75 Å². The van der Waals surface area contributed by atoms with Gasteiger partial charge in [0.05, 0.1) is 12.1 Å². The van der Waals surface area contributed by atoms with Gasteiger partial charge in [-0.15, -0.1) is 0 Å². The summed E-state index contributed by atoms with van der Waals surface area (Å²) in [4.78, 5) is 11.9. The topological polar surface area (TPSA) is 64.3 Å². The Morgan fingerprint density at radius 2 is 2.00 bits per heavy atom. The van der Waals surface area contributed by atoms with Crippen molar-refractivity contribution in [2.75, 3.05) is 12.4 Å². The average Bonchev–Trinajstić information content (AvgIpc) is 2.45. The maximum Gasteiger partial charge on any atom is 0.244 e. The standard InChI is InChI=1S/C16H17ClN2O2/c1-10-5-3-6-11(9-10)19-15(16(18)20)14-12(17)7-4-8-13(14)21-2/h3-9,15,19H,1-2H3,(H2,18,20). The normalized spacial score (nSPS) is 11.8. The molecule has 0 heterocycles. The molecule has 1 unspecified atom stereocenters. The van der Waals surface area contributed by atoms with Crippen LogP contribution >= 0.6 is 11.6 Å². The fraction of sp³-hybridized carbons (Fsp3) is 0.188. The number of halogens is 1. The first kappa shape index (κ1) is 15.2. The summed E-state index contributed by atoms with van der Waals surface area (Å²) in [6, 6.07) is 12.1. The molecular weight excluding hydrogens is 288 g/mol. The number of nitrogens with two attached hydrogens (primary N) is 1. The Morgan fingerprint density at radius 1 is 1.29 bits per heavy atom. The maximum atomic E-state index is 11.9. The van der Waals surface area contributed by atoms with Crippen molar-refractivity contribution < 1.29 is 9.53 Å². The first-order chi connectivity index (χ1) is 10.0. The summed E-state index contributed by atoms with van der Waals surface area (Å²) in [6.45, 7) is 1.97. The third-order valence-corrected chi connectivity index (χ3v) is 3.46. The van der Waals surface area contributed by atoms with Gasteiger partial charge in [0, 0.05) is 11.3 Å². The molecule has 0 radical (unpaired) electrons. The van der Waals surface area contributed by atoms with Crippen LogP contribution < -0.4 is 15.8 Å². The molecule has 1 amide bonds. The van der Waals surface area contributed by atoms with Crippen LogP contribution in [0.1, 0.15) is 17.2 Å². The van der Waals surface area contributed by atoms with Crippen LogP contribution in [0.15, 0.2) is 42.5 Å². The van der Waals surface area contributed by atoms with Crippen LogP contribution in [-0.2, 0) is 4.79 Å². The molecule has 2 rings (SSSR count). The molecule has 21 heavy (non-hydrogen) atoms. The van der Waals surface area contributed by atoms with E-state index in [1.165, 1.54) is 7.11 Å². The molecule has 0 fully saturated rings. The van der Waals surface area contributed by atoms with E-state index in [4.69, 9.17) is 22.1 Å². The lowest BCUT2D eigenvalue weighted by molar-refractivity contribution is -0.118. The zero-order valence-corrected chi connectivity index (χ0v) is 12.6. The van der Waals surface area contributed by atoms with Gasteiger partial charge in [-0.1, -0.05) is 29.8 Å². The van der Waals surface area contributed by atoms with E-state index in [0.29, 0.717) is 16.3 Å². The Hall–Kier alpha value is -2.20. The number of amides is 1. The number of hydrogen-bond donors (Lipinski definition) is 2. The largest absolute Gasteiger partial charge is 0.496 e. The predicted octanol–water partition coefficient (Wildman–Crippen LogP) is 3.30. The van der Waals surface area contributed by atoms with Gasteiger partial charge in [0.1, 0.15) is 11.8 Å². The number of benzene rings is 2. The molecular formula is C16H17ClN2O2. The number of methoxy groups -OCH3 is 1. The summed E-state index contributed by atoms with van der Waals surface area (Å²) >= 11 is 6.22. The van der Waals surface area contributed by atoms with Crippen LogP contribution in [-0.4, -0.2) is 13.0 Å². The van der Waals surface area contributed by atoms with Crippen LogP contribution in [0.25, 0.3) is 0 Å². The minimum Gasteiger partial charge on any atom is -0.496 e. The van der Waals surface area contributed by atoms with E-state index in [1.807, 2.05) is 31.2 Å². The SMILES string of the molecule is COc1cccc(Cl)c1C(Nc1cccc(C)c1)C(N)=O. The lowest BCUT2D eigenvalue weighted by Gasteiger charge is -2.21. The van der Waals surface area contributed by atoms with Crippen LogP contribution in [0.3, 0.4) is 0 Å². The van der Waals surface area contributed by atoms with Crippen molar-refractivity contribution in [2.45, 2.75) is 13.0 Å². The van der Waals surface area contributed by atoms with Crippen LogP contribution in [0.5, 0.6) is 5.75 Å². The Morgan fingerprint density at radius 3 is 2.62 bits per heavy atom. The van der Waals surface area contributed by atoms with Gasteiger partial charge in [-0.25, -0.2) is 0 Å². The Balaban J connectivity index is 2.43. The summed E-state index contributed by atoms with van der Waals surface area (Å²) in [7, 11) is 1.53. The van der Waals surface area contributed by atoms with Crippen LogP contribution in [0.4, 0.5) is 5.69 Å². The molecule has 1 atom stereocenters. The van der Waals surface area contributed by atoms with Gasteiger partial charge in [0.15, 0.2) is 0 Å². The summed E-state index contributed by atoms with van der Waals surface area (Å²) in [5.41, 5.74) is 7.94. The second kappa shape index (κ2) is 6.50. The number of ether oxygens (including phenoxy) is 1. The number of hydrogen-bond acceptors (Lipinski definition) is 3. The summed E-state index contributed by atoms with van der Waals surface area (Å²) in [5.74, 6) is -0.00522. The molecule has 0 saturated carbocycles. The summed E-state index contributed by atoms with van der Waals surface area (Å²) < 4.78 is 5.29. The van der Waals surface area contributed by atoms with E-state index in [1.54, 1.807) is 18.2 Å². The number of carbonyl (C=O) groups excluding carboxylic acids is 1. The van der Waals surface area contributed by atoms with Crippen molar-refractivity contribution in [1.29, 1.82) is 0 Å². The maximum absolute atomic E-state index is 11.9. The number of rotatable bonds is 5. The van der Waals surface area contributed by atoms with Crippen molar-refractivity contribution in [1.82, 2.24) is 0 Å². The lowest BCUT2D eigenvalue weighted by atomic mass is 10.0. The number of carbonyl (C=O) groups is 1. The Kier molecular flexibility index (Phi) is 4.70. The molecule has 0 aliphatic rings. The molecule has 110 valence electrons. The minimum atomic E-state index is -0.768. The molecule has 5 heteroatoms. The quantitative estimate of drug-likeness (QED) is 0.891. The van der Waals surface area contributed by atoms with Crippen molar-refractivity contribution in [3.05, 3.63) is 58.6 Å². The van der Waals surface area contributed by atoms with E-state index < -0.39 is 11.9 Å². The molecule has 4 nitrogen and oxygen atoms in total. The first-order valence-corrected chi connectivity index (χ1v) is 6.85. The van der Waals surface area contributed by atoms with Gasteiger partial charge in [0.25, 0.3) is 0 Å². The Bertz CT molecular complexity index is 658. The molecule has 3 N–H and O–H groups in total. The van der Waals surface area contributed by atoms with Gasteiger partial charge in [-0.3, -0.25) is 4.79 Å². The fourth-order valence-corrected chi connectivity index (χ4v) is 2.44. The van der Waals surface area contributed by atoms with Crippen LogP contribution in [0, 0.1) is 6.92 Å². The zero-order valence-electron chi connectivity index (χ0n) is 11.9. The summed E-state index contributed by atoms with van der Waals surface area (Å²) in [5, 5.41) is 3.54. The second-order valence-electron chi connectivity index (χ2n) is 4.70. The van der Waals surface area contributed by atoms with Gasteiger partial charge < -0.3 is 15.8 Å². The number of aryl methyl sites for hydroxylation is 1. The number of nitrogens with one attached hydrogen (secondary N) is 1.